The largest absolute Gasteiger partial charge is 0.508 e. The minimum atomic E-state index is 0.100. The van der Waals surface area contributed by atoms with Crippen LogP contribution in [0.4, 0.5) is 0 Å². The molecule has 3 N–H and O–H groups in total. The summed E-state index contributed by atoms with van der Waals surface area (Å²) < 4.78 is 0. The van der Waals surface area contributed by atoms with Gasteiger partial charge in [0.15, 0.2) is 0 Å². The Morgan fingerprint density at radius 1 is 1.37 bits per heavy atom. The molecule has 1 atom stereocenters. The average molecular weight is 263 g/mol. The number of aromatic hydroxyl groups is 1. The summed E-state index contributed by atoms with van der Waals surface area (Å²) in [4.78, 5) is 0. The van der Waals surface area contributed by atoms with Crippen LogP contribution in [0.1, 0.15) is 50.3 Å². The van der Waals surface area contributed by atoms with Crippen LogP contribution in [0.5, 0.6) is 5.75 Å². The van der Waals surface area contributed by atoms with Gasteiger partial charge in [-0.05, 0) is 54.4 Å². The topological polar surface area (TPSA) is 52.5 Å². The first-order valence-corrected chi connectivity index (χ1v) is 7.18. The van der Waals surface area contributed by atoms with Crippen molar-refractivity contribution in [1.29, 1.82) is 0 Å². The standard InChI is InChI=1S/C16H25NO2/c1-16(2,8-9-18)11-17-15-5-3-4-12-6-7-13(19)10-14(12)15/h6-7,10,15,17-19H,3-5,8-9,11H2,1-2H3. The normalized spacial score (nSPS) is 19.2. The molecule has 1 aromatic carbocycles. The summed E-state index contributed by atoms with van der Waals surface area (Å²) in [5.41, 5.74) is 2.69. The average Bonchev–Trinajstić information content (AvgIpc) is 2.36. The van der Waals surface area contributed by atoms with E-state index in [2.05, 4.69) is 19.2 Å². The second kappa shape index (κ2) is 5.93. The van der Waals surface area contributed by atoms with Crippen LogP contribution >= 0.6 is 0 Å². The highest BCUT2D eigenvalue weighted by molar-refractivity contribution is 5.38. The van der Waals surface area contributed by atoms with Gasteiger partial charge in [-0.15, -0.1) is 0 Å². The summed E-state index contributed by atoms with van der Waals surface area (Å²) in [6.07, 6.45) is 4.22. The van der Waals surface area contributed by atoms with Crippen molar-refractivity contribution in [3.8, 4) is 5.75 Å². The molecule has 0 amide bonds. The Morgan fingerprint density at radius 2 is 2.16 bits per heavy atom. The second-order valence-corrected chi connectivity index (χ2v) is 6.35. The van der Waals surface area contributed by atoms with Crippen LogP contribution in [0.2, 0.25) is 0 Å². The van der Waals surface area contributed by atoms with Gasteiger partial charge in [0.25, 0.3) is 0 Å². The molecule has 0 aromatic heterocycles. The molecule has 0 bridgehead atoms. The number of aliphatic hydroxyl groups is 1. The zero-order valence-corrected chi connectivity index (χ0v) is 11.9. The van der Waals surface area contributed by atoms with E-state index in [-0.39, 0.29) is 12.0 Å². The fourth-order valence-electron chi connectivity index (χ4n) is 2.79. The smallest absolute Gasteiger partial charge is 0.115 e. The maximum absolute atomic E-state index is 9.66. The van der Waals surface area contributed by atoms with E-state index < -0.39 is 0 Å². The second-order valence-electron chi connectivity index (χ2n) is 6.35. The van der Waals surface area contributed by atoms with Crippen LogP contribution in [0.3, 0.4) is 0 Å². The lowest BCUT2D eigenvalue weighted by molar-refractivity contribution is 0.201. The van der Waals surface area contributed by atoms with Gasteiger partial charge in [-0.25, -0.2) is 0 Å². The highest BCUT2D eigenvalue weighted by Crippen LogP contribution is 2.33. The van der Waals surface area contributed by atoms with Crippen molar-refractivity contribution in [1.82, 2.24) is 5.32 Å². The Hall–Kier alpha value is -1.06. The minimum Gasteiger partial charge on any atom is -0.508 e. The van der Waals surface area contributed by atoms with E-state index in [0.717, 1.165) is 25.8 Å². The fraction of sp³-hybridized carbons (Fsp3) is 0.625. The van der Waals surface area contributed by atoms with E-state index in [9.17, 15) is 5.11 Å². The Bertz CT molecular complexity index is 429. The van der Waals surface area contributed by atoms with Crippen molar-refractivity contribution in [3.05, 3.63) is 29.3 Å². The molecular weight excluding hydrogens is 238 g/mol. The number of benzene rings is 1. The van der Waals surface area contributed by atoms with Crippen molar-refractivity contribution in [3.63, 3.8) is 0 Å². The molecule has 3 heteroatoms. The molecule has 0 heterocycles. The van der Waals surface area contributed by atoms with Gasteiger partial charge in [0.2, 0.25) is 0 Å². The number of phenols is 1. The summed E-state index contributed by atoms with van der Waals surface area (Å²) >= 11 is 0. The molecule has 0 fully saturated rings. The number of aryl methyl sites for hydroxylation is 1. The van der Waals surface area contributed by atoms with Gasteiger partial charge in [0.1, 0.15) is 5.75 Å². The summed E-state index contributed by atoms with van der Waals surface area (Å²) in [6, 6.07) is 6.04. The van der Waals surface area contributed by atoms with E-state index in [1.165, 1.54) is 17.5 Å². The molecule has 0 saturated heterocycles. The SMILES string of the molecule is CC(C)(CCO)CNC1CCCc2ccc(O)cc21. The van der Waals surface area contributed by atoms with Crippen molar-refractivity contribution in [2.75, 3.05) is 13.2 Å². The molecule has 19 heavy (non-hydrogen) atoms. The Kier molecular flexibility index (Phi) is 4.48. The summed E-state index contributed by atoms with van der Waals surface area (Å²) in [5, 5.41) is 22.3. The van der Waals surface area contributed by atoms with Gasteiger partial charge >= 0.3 is 0 Å². The summed E-state index contributed by atoms with van der Waals surface area (Å²) in [7, 11) is 0. The maximum Gasteiger partial charge on any atom is 0.115 e. The van der Waals surface area contributed by atoms with Crippen LogP contribution in [-0.2, 0) is 6.42 Å². The highest BCUT2D eigenvalue weighted by atomic mass is 16.3. The Morgan fingerprint density at radius 3 is 2.89 bits per heavy atom. The number of nitrogens with one attached hydrogen (secondary N) is 1. The number of hydrogen-bond acceptors (Lipinski definition) is 3. The van der Waals surface area contributed by atoms with Crippen LogP contribution in [0.25, 0.3) is 0 Å². The van der Waals surface area contributed by atoms with Crippen LogP contribution in [0, 0.1) is 5.41 Å². The van der Waals surface area contributed by atoms with Gasteiger partial charge in [0, 0.05) is 19.2 Å². The zero-order chi connectivity index (χ0) is 13.9. The van der Waals surface area contributed by atoms with E-state index in [4.69, 9.17) is 5.11 Å². The first kappa shape index (κ1) is 14.4. The van der Waals surface area contributed by atoms with Gasteiger partial charge in [-0.1, -0.05) is 19.9 Å². The number of aliphatic hydroxyl groups excluding tert-OH is 1. The van der Waals surface area contributed by atoms with E-state index in [0.29, 0.717) is 11.8 Å². The predicted molar refractivity (Wildman–Crippen MR) is 77.3 cm³/mol. The van der Waals surface area contributed by atoms with Gasteiger partial charge in [-0.2, -0.15) is 0 Å². The monoisotopic (exact) mass is 263 g/mol. The number of fused-ring (bicyclic) bond motifs is 1. The molecule has 1 aliphatic rings. The summed E-state index contributed by atoms with van der Waals surface area (Å²) in [6.45, 7) is 5.45. The first-order chi connectivity index (χ1) is 9.02. The van der Waals surface area contributed by atoms with Crippen LogP contribution in [-0.4, -0.2) is 23.4 Å². The Labute approximate surface area is 115 Å². The Balaban J connectivity index is 2.05. The highest BCUT2D eigenvalue weighted by Gasteiger charge is 2.23. The minimum absolute atomic E-state index is 0.100. The predicted octanol–water partition coefficient (Wildman–Crippen LogP) is 2.77. The quantitative estimate of drug-likeness (QED) is 0.765. The first-order valence-electron chi connectivity index (χ1n) is 7.18. The number of rotatable bonds is 5. The zero-order valence-electron chi connectivity index (χ0n) is 11.9. The molecule has 0 radical (unpaired) electrons. The van der Waals surface area contributed by atoms with E-state index in [1.807, 2.05) is 12.1 Å². The lowest BCUT2D eigenvalue weighted by Gasteiger charge is -2.31. The van der Waals surface area contributed by atoms with Gasteiger partial charge < -0.3 is 15.5 Å². The third-order valence-corrected chi connectivity index (χ3v) is 4.06. The molecule has 106 valence electrons. The molecule has 0 saturated carbocycles. The fourth-order valence-corrected chi connectivity index (χ4v) is 2.79. The number of phenolic OH excluding ortho intramolecular Hbond substituents is 1. The van der Waals surface area contributed by atoms with Crippen LogP contribution in [0.15, 0.2) is 18.2 Å². The van der Waals surface area contributed by atoms with Crippen LogP contribution < -0.4 is 5.32 Å². The van der Waals surface area contributed by atoms with Gasteiger partial charge in [0.05, 0.1) is 0 Å². The summed E-state index contributed by atoms with van der Waals surface area (Å²) in [5.74, 6) is 0.349. The molecule has 1 aromatic rings. The van der Waals surface area contributed by atoms with Crippen molar-refractivity contribution in [2.45, 2.75) is 45.6 Å². The molecule has 1 aliphatic carbocycles. The molecule has 1 unspecified atom stereocenters. The molecule has 0 spiro atoms. The molecular formula is C16H25NO2. The van der Waals surface area contributed by atoms with Crippen molar-refractivity contribution < 1.29 is 10.2 Å². The molecule has 3 nitrogen and oxygen atoms in total. The van der Waals surface area contributed by atoms with Crippen molar-refractivity contribution in [2.24, 2.45) is 5.41 Å². The lowest BCUT2D eigenvalue weighted by Crippen LogP contribution is -2.34. The lowest BCUT2D eigenvalue weighted by atomic mass is 9.85. The number of hydrogen-bond donors (Lipinski definition) is 3. The third-order valence-electron chi connectivity index (χ3n) is 4.06. The maximum atomic E-state index is 9.66. The van der Waals surface area contributed by atoms with E-state index >= 15 is 0 Å². The van der Waals surface area contributed by atoms with E-state index in [1.54, 1.807) is 6.07 Å². The van der Waals surface area contributed by atoms with Gasteiger partial charge in [-0.3, -0.25) is 0 Å². The third kappa shape index (κ3) is 3.71. The molecule has 0 aliphatic heterocycles. The molecule has 2 rings (SSSR count). The van der Waals surface area contributed by atoms with Crippen molar-refractivity contribution >= 4 is 0 Å².